The summed E-state index contributed by atoms with van der Waals surface area (Å²) in [5.41, 5.74) is 0.366. The van der Waals surface area contributed by atoms with Crippen LogP contribution in [0.5, 0.6) is 0 Å². The maximum atomic E-state index is 11.6. The largest absolute Gasteiger partial charge is 0.461 e. The lowest BCUT2D eigenvalue weighted by atomic mass is 9.86. The molecule has 6 heteroatoms. The fraction of sp³-hybridized carbons (Fsp3) is 0.733. The maximum absolute atomic E-state index is 11.6. The fourth-order valence-electron chi connectivity index (χ4n) is 2.71. The van der Waals surface area contributed by atoms with E-state index in [0.717, 1.165) is 37.4 Å². The van der Waals surface area contributed by atoms with Crippen LogP contribution in [0.2, 0.25) is 0 Å². The van der Waals surface area contributed by atoms with Crippen molar-refractivity contribution in [1.82, 2.24) is 4.98 Å². The first-order valence-corrected chi connectivity index (χ1v) is 8.53. The van der Waals surface area contributed by atoms with Gasteiger partial charge in [0.2, 0.25) is 0 Å². The summed E-state index contributed by atoms with van der Waals surface area (Å²) in [6.45, 7) is 7.28. The summed E-state index contributed by atoms with van der Waals surface area (Å²) >= 11 is 1.45. The van der Waals surface area contributed by atoms with Crippen LogP contribution in [0, 0.1) is 0 Å². The van der Waals surface area contributed by atoms with E-state index in [9.17, 15) is 4.79 Å². The van der Waals surface area contributed by atoms with Crippen LogP contribution in [0.3, 0.4) is 0 Å². The predicted molar refractivity (Wildman–Crippen MR) is 84.0 cm³/mol. The molecule has 0 aromatic carbocycles. The molecule has 2 rings (SSSR count). The van der Waals surface area contributed by atoms with Crippen LogP contribution in [0.1, 0.15) is 56.9 Å². The van der Waals surface area contributed by atoms with Gasteiger partial charge in [0.1, 0.15) is 0 Å². The van der Waals surface area contributed by atoms with E-state index in [-0.39, 0.29) is 11.6 Å². The number of carbonyl (C=O) groups excluding carboxylic acids is 1. The van der Waals surface area contributed by atoms with Gasteiger partial charge in [0.15, 0.2) is 10.8 Å². The van der Waals surface area contributed by atoms with Gasteiger partial charge in [-0.25, -0.2) is 9.78 Å². The molecule has 1 aromatic rings. The lowest BCUT2D eigenvalue weighted by Gasteiger charge is -2.40. The average Bonchev–Trinajstić information content (AvgIpc) is 2.96. The Bertz CT molecular complexity index is 471. The van der Waals surface area contributed by atoms with Gasteiger partial charge in [-0.1, -0.05) is 13.8 Å². The normalized spacial score (nSPS) is 21.0. The third-order valence-electron chi connectivity index (χ3n) is 4.10. The molecule has 1 aromatic heterocycles. The maximum Gasteiger partial charge on any atom is 0.357 e. The second-order valence-corrected chi connectivity index (χ2v) is 6.19. The number of hydrogen-bond donors (Lipinski definition) is 1. The van der Waals surface area contributed by atoms with Crippen LogP contribution in [0.15, 0.2) is 5.38 Å². The molecule has 2 heterocycles. The monoisotopic (exact) mass is 312 g/mol. The number of carbonyl (C=O) groups is 1. The highest BCUT2D eigenvalue weighted by atomic mass is 32.1. The number of hydrogen-bond acceptors (Lipinski definition) is 6. The highest BCUT2D eigenvalue weighted by Crippen LogP contribution is 2.33. The van der Waals surface area contributed by atoms with Gasteiger partial charge in [-0.2, -0.15) is 0 Å². The molecular formula is C15H24N2O3S. The summed E-state index contributed by atoms with van der Waals surface area (Å²) < 4.78 is 10.9. The van der Waals surface area contributed by atoms with Crippen molar-refractivity contribution in [3.05, 3.63) is 11.1 Å². The zero-order valence-electron chi connectivity index (χ0n) is 13.0. The Kier molecular flexibility index (Phi) is 5.58. The predicted octanol–water partition coefficient (Wildman–Crippen LogP) is 3.47. The van der Waals surface area contributed by atoms with E-state index in [4.69, 9.17) is 9.47 Å². The van der Waals surface area contributed by atoms with Crippen molar-refractivity contribution in [1.29, 1.82) is 0 Å². The van der Waals surface area contributed by atoms with Gasteiger partial charge in [-0.05, 0) is 32.6 Å². The van der Waals surface area contributed by atoms with Crippen LogP contribution in [-0.2, 0) is 9.47 Å². The van der Waals surface area contributed by atoms with E-state index >= 15 is 0 Å². The Balaban J connectivity index is 1.97. The van der Waals surface area contributed by atoms with Crippen LogP contribution in [0.4, 0.5) is 5.13 Å². The third-order valence-corrected chi connectivity index (χ3v) is 4.87. The summed E-state index contributed by atoms with van der Waals surface area (Å²) in [6.07, 6.45) is 3.99. The molecule has 0 radical (unpaired) electrons. The second kappa shape index (κ2) is 7.22. The molecule has 1 aliphatic heterocycles. The standard InChI is InChI=1S/C15H24N2O3S/c1-4-15(5-2)9-11(7-8-20-15)16-14-17-12(10-21-14)13(18)19-6-3/h10-11H,4-9H2,1-3H3,(H,16,17). The molecule has 1 fully saturated rings. The topological polar surface area (TPSA) is 60.5 Å². The van der Waals surface area contributed by atoms with Gasteiger partial charge in [0.05, 0.1) is 12.2 Å². The third kappa shape index (κ3) is 3.95. The van der Waals surface area contributed by atoms with Gasteiger partial charge in [0, 0.05) is 18.0 Å². The molecule has 1 saturated heterocycles. The Hall–Kier alpha value is -1.14. The summed E-state index contributed by atoms with van der Waals surface area (Å²) in [4.78, 5) is 15.9. The number of aromatic nitrogens is 1. The number of nitrogens with zero attached hydrogens (tertiary/aromatic N) is 1. The first kappa shape index (κ1) is 16.2. The second-order valence-electron chi connectivity index (χ2n) is 5.33. The fourth-order valence-corrected chi connectivity index (χ4v) is 3.47. The van der Waals surface area contributed by atoms with Crippen molar-refractivity contribution in [3.63, 3.8) is 0 Å². The van der Waals surface area contributed by atoms with Crippen LogP contribution < -0.4 is 5.32 Å². The molecule has 21 heavy (non-hydrogen) atoms. The molecule has 5 nitrogen and oxygen atoms in total. The first-order valence-electron chi connectivity index (χ1n) is 7.65. The van der Waals surface area contributed by atoms with E-state index in [1.165, 1.54) is 11.3 Å². The Labute approximate surface area is 130 Å². The summed E-state index contributed by atoms with van der Waals surface area (Å²) in [6, 6.07) is 0.347. The molecule has 0 spiro atoms. The van der Waals surface area contributed by atoms with Gasteiger partial charge >= 0.3 is 5.97 Å². The summed E-state index contributed by atoms with van der Waals surface area (Å²) in [5, 5.41) is 5.97. The summed E-state index contributed by atoms with van der Waals surface area (Å²) in [7, 11) is 0. The Morgan fingerprint density at radius 3 is 2.95 bits per heavy atom. The van der Waals surface area contributed by atoms with Crippen LogP contribution in [-0.4, -0.2) is 35.8 Å². The SMILES string of the molecule is CCOC(=O)c1csc(NC2CCOC(CC)(CC)C2)n1. The van der Waals surface area contributed by atoms with E-state index in [1.807, 2.05) is 0 Å². The number of nitrogens with one attached hydrogen (secondary N) is 1. The van der Waals surface area contributed by atoms with Crippen molar-refractivity contribution in [2.45, 2.75) is 58.1 Å². The van der Waals surface area contributed by atoms with E-state index in [1.54, 1.807) is 12.3 Å². The van der Waals surface area contributed by atoms with Crippen LogP contribution in [0.25, 0.3) is 0 Å². The lowest BCUT2D eigenvalue weighted by molar-refractivity contribution is -0.0864. The minimum absolute atomic E-state index is 0.0167. The zero-order chi connectivity index (χ0) is 15.3. The molecule has 0 bridgehead atoms. The van der Waals surface area contributed by atoms with Crippen molar-refractivity contribution >= 4 is 22.4 Å². The minimum Gasteiger partial charge on any atom is -0.461 e. The van der Waals surface area contributed by atoms with E-state index in [2.05, 4.69) is 24.1 Å². The number of anilines is 1. The molecule has 1 aliphatic rings. The van der Waals surface area contributed by atoms with Gasteiger partial charge in [0.25, 0.3) is 0 Å². The van der Waals surface area contributed by atoms with Gasteiger partial charge in [-0.3, -0.25) is 0 Å². The van der Waals surface area contributed by atoms with E-state index < -0.39 is 0 Å². The van der Waals surface area contributed by atoms with Gasteiger partial charge < -0.3 is 14.8 Å². The zero-order valence-corrected chi connectivity index (χ0v) is 13.8. The molecule has 0 saturated carbocycles. The number of ether oxygens (including phenoxy) is 2. The van der Waals surface area contributed by atoms with Crippen molar-refractivity contribution in [2.24, 2.45) is 0 Å². The number of thiazole rings is 1. The smallest absolute Gasteiger partial charge is 0.357 e. The molecule has 1 atom stereocenters. The Morgan fingerprint density at radius 1 is 1.52 bits per heavy atom. The summed E-state index contributed by atoms with van der Waals surface area (Å²) in [5.74, 6) is -0.356. The highest BCUT2D eigenvalue weighted by molar-refractivity contribution is 7.13. The lowest BCUT2D eigenvalue weighted by Crippen LogP contribution is -2.43. The average molecular weight is 312 g/mol. The van der Waals surface area contributed by atoms with Crippen LogP contribution >= 0.6 is 11.3 Å². The molecule has 0 aliphatic carbocycles. The quantitative estimate of drug-likeness (QED) is 0.815. The molecule has 0 amide bonds. The molecule has 1 unspecified atom stereocenters. The molecule has 118 valence electrons. The highest BCUT2D eigenvalue weighted by Gasteiger charge is 2.34. The Morgan fingerprint density at radius 2 is 2.29 bits per heavy atom. The van der Waals surface area contributed by atoms with E-state index in [0.29, 0.717) is 18.3 Å². The first-order chi connectivity index (χ1) is 10.1. The van der Waals surface area contributed by atoms with Crippen molar-refractivity contribution in [3.8, 4) is 0 Å². The number of rotatable bonds is 6. The van der Waals surface area contributed by atoms with Crippen molar-refractivity contribution in [2.75, 3.05) is 18.5 Å². The molecule has 1 N–H and O–H groups in total. The number of esters is 1. The minimum atomic E-state index is -0.356. The van der Waals surface area contributed by atoms with Gasteiger partial charge in [-0.15, -0.1) is 11.3 Å². The molecular weight excluding hydrogens is 288 g/mol. The van der Waals surface area contributed by atoms with Crippen molar-refractivity contribution < 1.29 is 14.3 Å².